The molecule has 0 radical (unpaired) electrons. The molecule has 0 saturated heterocycles. The summed E-state index contributed by atoms with van der Waals surface area (Å²) in [6.45, 7) is 4.46. The number of rotatable bonds is 6. The molecule has 2 N–H and O–H groups in total. The van der Waals surface area contributed by atoms with E-state index < -0.39 is 12.7 Å². The minimum Gasteiger partial charge on any atom is -0.435 e. The first-order chi connectivity index (χ1) is 11.3. The van der Waals surface area contributed by atoms with Crippen molar-refractivity contribution in [1.29, 1.82) is 0 Å². The summed E-state index contributed by atoms with van der Waals surface area (Å²) in [5.74, 6) is 0.703. The summed E-state index contributed by atoms with van der Waals surface area (Å²) in [6, 6.07) is 6.60. The van der Waals surface area contributed by atoms with Crippen LogP contribution in [-0.2, 0) is 0 Å². The van der Waals surface area contributed by atoms with E-state index in [-0.39, 0.29) is 11.2 Å². The van der Waals surface area contributed by atoms with Crippen LogP contribution < -0.4 is 10.1 Å². The summed E-state index contributed by atoms with van der Waals surface area (Å²) in [4.78, 5) is 0. The van der Waals surface area contributed by atoms with Crippen molar-refractivity contribution >= 4 is 0 Å². The largest absolute Gasteiger partial charge is 0.435 e. The fraction of sp³-hybridized carbons (Fsp3) is 0.684. The molecule has 0 amide bonds. The molecular weight excluding hydrogens is 312 g/mol. The van der Waals surface area contributed by atoms with Gasteiger partial charge in [-0.2, -0.15) is 8.78 Å². The average Bonchev–Trinajstić information content (AvgIpc) is 2.52. The van der Waals surface area contributed by atoms with Crippen LogP contribution in [0.15, 0.2) is 24.3 Å². The van der Waals surface area contributed by atoms with Crippen molar-refractivity contribution in [3.63, 3.8) is 0 Å². The minimum atomic E-state index is -2.83. The van der Waals surface area contributed by atoms with Crippen molar-refractivity contribution in [2.24, 2.45) is 11.3 Å². The number of aliphatic hydroxyl groups is 1. The van der Waals surface area contributed by atoms with E-state index in [1.54, 1.807) is 12.1 Å². The summed E-state index contributed by atoms with van der Waals surface area (Å²) in [5, 5.41) is 13.9. The zero-order valence-corrected chi connectivity index (χ0v) is 14.8. The maximum absolute atomic E-state index is 12.2. The zero-order valence-electron chi connectivity index (χ0n) is 14.8. The third-order valence-corrected chi connectivity index (χ3v) is 4.94. The van der Waals surface area contributed by atoms with Gasteiger partial charge in [0.15, 0.2) is 0 Å². The zero-order chi connectivity index (χ0) is 17.7. The van der Waals surface area contributed by atoms with Gasteiger partial charge in [-0.05, 0) is 41.9 Å². The topological polar surface area (TPSA) is 41.5 Å². The van der Waals surface area contributed by atoms with Crippen molar-refractivity contribution in [2.45, 2.75) is 65.2 Å². The summed E-state index contributed by atoms with van der Waals surface area (Å²) in [7, 11) is 0. The monoisotopic (exact) mass is 341 g/mol. The summed E-state index contributed by atoms with van der Waals surface area (Å²) >= 11 is 0. The molecule has 0 aliphatic heterocycles. The van der Waals surface area contributed by atoms with E-state index in [1.807, 2.05) is 0 Å². The molecule has 1 fully saturated rings. The lowest BCUT2D eigenvalue weighted by atomic mass is 9.69. The van der Waals surface area contributed by atoms with Crippen LogP contribution in [0.5, 0.6) is 5.75 Å². The Bertz CT molecular complexity index is 499. The predicted molar refractivity (Wildman–Crippen MR) is 91.2 cm³/mol. The Balaban J connectivity index is 1.90. The van der Waals surface area contributed by atoms with Gasteiger partial charge in [0.05, 0.1) is 6.10 Å². The molecule has 2 rings (SSSR count). The standard InChI is InChI=1S/C19H29F2NO2/c1-19(2,3)15-6-4-5-7-16(15)22-12-17(23)13-8-10-14(11-9-13)24-18(20)21/h8-11,15-18,22-23H,4-7,12H2,1-3H3. The molecule has 0 spiro atoms. The SMILES string of the molecule is CC(C)(C)C1CCCCC1NCC(O)c1ccc(OC(F)F)cc1. The number of ether oxygens (including phenoxy) is 1. The number of halogens is 2. The van der Waals surface area contributed by atoms with Crippen molar-refractivity contribution in [1.82, 2.24) is 5.32 Å². The van der Waals surface area contributed by atoms with Gasteiger partial charge in [0.25, 0.3) is 0 Å². The van der Waals surface area contributed by atoms with Crippen LogP contribution in [-0.4, -0.2) is 24.3 Å². The van der Waals surface area contributed by atoms with Gasteiger partial charge in [0.1, 0.15) is 5.75 Å². The van der Waals surface area contributed by atoms with Gasteiger partial charge in [-0.15, -0.1) is 0 Å². The van der Waals surface area contributed by atoms with Crippen LogP contribution in [0.25, 0.3) is 0 Å². The van der Waals surface area contributed by atoms with Gasteiger partial charge in [-0.1, -0.05) is 45.7 Å². The number of hydrogen-bond acceptors (Lipinski definition) is 3. The maximum Gasteiger partial charge on any atom is 0.387 e. The highest BCUT2D eigenvalue weighted by Crippen LogP contribution is 2.38. The van der Waals surface area contributed by atoms with Crippen LogP contribution in [0.4, 0.5) is 8.78 Å². The molecule has 0 heterocycles. The highest BCUT2D eigenvalue weighted by Gasteiger charge is 2.34. The van der Waals surface area contributed by atoms with Crippen molar-refractivity contribution < 1.29 is 18.6 Å². The second-order valence-corrected chi connectivity index (χ2v) is 7.74. The van der Waals surface area contributed by atoms with E-state index in [2.05, 4.69) is 30.8 Å². The van der Waals surface area contributed by atoms with E-state index in [9.17, 15) is 13.9 Å². The molecule has 1 aromatic rings. The highest BCUT2D eigenvalue weighted by atomic mass is 19.3. The molecule has 3 nitrogen and oxygen atoms in total. The van der Waals surface area contributed by atoms with E-state index in [1.165, 1.54) is 31.4 Å². The lowest BCUT2D eigenvalue weighted by Gasteiger charge is -2.41. The molecular formula is C19H29F2NO2. The quantitative estimate of drug-likeness (QED) is 0.799. The van der Waals surface area contributed by atoms with Crippen LogP contribution in [0.3, 0.4) is 0 Å². The second-order valence-electron chi connectivity index (χ2n) is 7.74. The van der Waals surface area contributed by atoms with E-state index in [0.29, 0.717) is 24.1 Å². The van der Waals surface area contributed by atoms with Gasteiger partial charge >= 0.3 is 6.61 Å². The summed E-state index contributed by atoms with van der Waals surface area (Å²) < 4.78 is 28.6. The van der Waals surface area contributed by atoms with E-state index in [0.717, 1.165) is 6.42 Å². The molecule has 1 aromatic carbocycles. The summed E-state index contributed by atoms with van der Waals surface area (Å²) in [6.07, 6.45) is 4.19. The Morgan fingerprint density at radius 2 is 1.79 bits per heavy atom. The Hall–Kier alpha value is -1.20. The third-order valence-electron chi connectivity index (χ3n) is 4.94. The molecule has 0 bridgehead atoms. The Kier molecular flexibility index (Phi) is 6.58. The first-order valence-electron chi connectivity index (χ1n) is 8.73. The average molecular weight is 341 g/mol. The Labute approximate surface area is 143 Å². The molecule has 1 aliphatic rings. The Morgan fingerprint density at radius 3 is 2.38 bits per heavy atom. The van der Waals surface area contributed by atoms with Crippen molar-refractivity contribution in [2.75, 3.05) is 6.54 Å². The van der Waals surface area contributed by atoms with E-state index >= 15 is 0 Å². The molecule has 136 valence electrons. The molecule has 3 atom stereocenters. The van der Waals surface area contributed by atoms with Gasteiger partial charge < -0.3 is 15.2 Å². The van der Waals surface area contributed by atoms with Gasteiger partial charge in [-0.3, -0.25) is 0 Å². The minimum absolute atomic E-state index is 0.106. The van der Waals surface area contributed by atoms with Gasteiger partial charge in [0.2, 0.25) is 0 Å². The molecule has 3 unspecified atom stereocenters. The second kappa shape index (κ2) is 8.26. The first-order valence-corrected chi connectivity index (χ1v) is 8.73. The van der Waals surface area contributed by atoms with E-state index in [4.69, 9.17) is 0 Å². The van der Waals surface area contributed by atoms with Crippen LogP contribution in [0.2, 0.25) is 0 Å². The number of nitrogens with one attached hydrogen (secondary N) is 1. The molecule has 24 heavy (non-hydrogen) atoms. The Morgan fingerprint density at radius 1 is 1.17 bits per heavy atom. The fourth-order valence-corrected chi connectivity index (χ4v) is 3.66. The van der Waals surface area contributed by atoms with Crippen LogP contribution in [0, 0.1) is 11.3 Å². The summed E-state index contributed by atoms with van der Waals surface area (Å²) in [5.41, 5.74) is 0.948. The number of benzene rings is 1. The lowest BCUT2D eigenvalue weighted by Crippen LogP contribution is -2.45. The lowest BCUT2D eigenvalue weighted by molar-refractivity contribution is -0.0498. The van der Waals surface area contributed by atoms with Crippen LogP contribution >= 0.6 is 0 Å². The van der Waals surface area contributed by atoms with Gasteiger partial charge in [0, 0.05) is 12.6 Å². The maximum atomic E-state index is 12.2. The van der Waals surface area contributed by atoms with Crippen molar-refractivity contribution in [3.05, 3.63) is 29.8 Å². The fourth-order valence-electron chi connectivity index (χ4n) is 3.66. The molecule has 0 aromatic heterocycles. The number of aliphatic hydroxyl groups excluding tert-OH is 1. The number of hydrogen-bond donors (Lipinski definition) is 2. The first kappa shape index (κ1) is 19.1. The van der Waals surface area contributed by atoms with Crippen LogP contribution in [0.1, 0.15) is 58.1 Å². The predicted octanol–water partition coefficient (Wildman–Crippen LogP) is 4.52. The molecule has 1 aliphatic carbocycles. The van der Waals surface area contributed by atoms with Crippen molar-refractivity contribution in [3.8, 4) is 5.75 Å². The third kappa shape index (κ3) is 5.42. The molecule has 5 heteroatoms. The highest BCUT2D eigenvalue weighted by molar-refractivity contribution is 5.28. The normalized spacial score (nSPS) is 23.3. The number of alkyl halides is 2. The van der Waals surface area contributed by atoms with Gasteiger partial charge in [-0.25, -0.2) is 0 Å². The molecule has 1 saturated carbocycles. The smallest absolute Gasteiger partial charge is 0.387 e.